The van der Waals surface area contributed by atoms with Gasteiger partial charge in [-0.15, -0.1) is 0 Å². The van der Waals surface area contributed by atoms with Crippen molar-refractivity contribution in [3.63, 3.8) is 0 Å². The summed E-state index contributed by atoms with van der Waals surface area (Å²) in [5, 5.41) is 13.2. The predicted octanol–water partition coefficient (Wildman–Crippen LogP) is 2.35. The number of benzene rings is 1. The first-order chi connectivity index (χ1) is 9.09. The molecular formula is C14H19ClN2O2. The monoisotopic (exact) mass is 282 g/mol. The lowest BCUT2D eigenvalue weighted by Gasteiger charge is -2.22. The Hall–Kier alpha value is -1.26. The molecule has 2 atom stereocenters. The van der Waals surface area contributed by atoms with Gasteiger partial charge >= 0.3 is 0 Å². The van der Waals surface area contributed by atoms with Crippen LogP contribution in [-0.4, -0.2) is 23.2 Å². The molecule has 0 bridgehead atoms. The zero-order chi connectivity index (χ0) is 13.8. The van der Waals surface area contributed by atoms with Crippen LogP contribution in [0.2, 0.25) is 5.02 Å². The minimum Gasteiger partial charge on any atom is -0.398 e. The number of amides is 1. The second kappa shape index (κ2) is 6.26. The van der Waals surface area contributed by atoms with E-state index in [1.165, 1.54) is 0 Å². The number of anilines is 1. The molecule has 0 radical (unpaired) electrons. The topological polar surface area (TPSA) is 75.4 Å². The van der Waals surface area contributed by atoms with Crippen LogP contribution < -0.4 is 11.1 Å². The molecule has 5 heteroatoms. The summed E-state index contributed by atoms with van der Waals surface area (Å²) < 4.78 is 0. The third kappa shape index (κ3) is 3.39. The maximum Gasteiger partial charge on any atom is 0.255 e. The van der Waals surface area contributed by atoms with Gasteiger partial charge in [0.15, 0.2) is 0 Å². The smallest absolute Gasteiger partial charge is 0.255 e. The third-order valence-electron chi connectivity index (χ3n) is 3.57. The van der Waals surface area contributed by atoms with E-state index in [-0.39, 0.29) is 11.9 Å². The van der Waals surface area contributed by atoms with Gasteiger partial charge in [0.25, 0.3) is 5.91 Å². The number of nitrogens with two attached hydrogens (primary N) is 1. The number of hydrogen-bond acceptors (Lipinski definition) is 3. The molecule has 0 aliphatic heterocycles. The number of hydrogen-bond donors (Lipinski definition) is 3. The van der Waals surface area contributed by atoms with E-state index in [0.29, 0.717) is 16.3 Å². The second-order valence-corrected chi connectivity index (χ2v) is 5.40. The van der Waals surface area contributed by atoms with Gasteiger partial charge in [0.1, 0.15) is 0 Å². The van der Waals surface area contributed by atoms with Gasteiger partial charge in [0.2, 0.25) is 0 Å². The molecular weight excluding hydrogens is 264 g/mol. The Bertz CT molecular complexity index is 445. The third-order valence-corrected chi connectivity index (χ3v) is 3.88. The van der Waals surface area contributed by atoms with E-state index in [1.54, 1.807) is 18.2 Å². The summed E-state index contributed by atoms with van der Waals surface area (Å²) in [5.41, 5.74) is 6.43. The summed E-state index contributed by atoms with van der Waals surface area (Å²) in [6.07, 6.45) is 4.13. The van der Waals surface area contributed by atoms with E-state index in [9.17, 15) is 9.90 Å². The van der Waals surface area contributed by atoms with Crippen molar-refractivity contribution in [2.45, 2.75) is 44.2 Å². The molecule has 1 aliphatic rings. The number of carbonyl (C=O) groups excluding carboxylic acids is 1. The van der Waals surface area contributed by atoms with Crippen LogP contribution in [0.25, 0.3) is 0 Å². The SMILES string of the molecule is Nc1cccc(Cl)c1C(=O)NC1CCCCCC1O. The summed E-state index contributed by atoms with van der Waals surface area (Å²) in [4.78, 5) is 12.2. The van der Waals surface area contributed by atoms with Crippen molar-refractivity contribution in [1.29, 1.82) is 0 Å². The molecule has 4 nitrogen and oxygen atoms in total. The zero-order valence-electron chi connectivity index (χ0n) is 10.7. The zero-order valence-corrected chi connectivity index (χ0v) is 11.5. The Morgan fingerprint density at radius 3 is 2.79 bits per heavy atom. The molecule has 0 spiro atoms. The van der Waals surface area contributed by atoms with Crippen molar-refractivity contribution in [1.82, 2.24) is 5.32 Å². The minimum atomic E-state index is -0.491. The second-order valence-electron chi connectivity index (χ2n) is 4.99. The quantitative estimate of drug-likeness (QED) is 0.576. The molecule has 1 saturated carbocycles. The van der Waals surface area contributed by atoms with Crippen LogP contribution in [0.15, 0.2) is 18.2 Å². The summed E-state index contributed by atoms with van der Waals surface area (Å²) in [6, 6.07) is 4.76. The number of rotatable bonds is 2. The van der Waals surface area contributed by atoms with Gasteiger partial charge in [0, 0.05) is 5.69 Å². The number of nitrogen functional groups attached to an aromatic ring is 1. The number of nitrogens with one attached hydrogen (secondary N) is 1. The number of carbonyl (C=O) groups is 1. The molecule has 1 aromatic carbocycles. The first-order valence-corrected chi connectivity index (χ1v) is 7.00. The van der Waals surface area contributed by atoms with E-state index >= 15 is 0 Å². The Balaban J connectivity index is 2.12. The van der Waals surface area contributed by atoms with Gasteiger partial charge in [0.05, 0.1) is 22.7 Å². The van der Waals surface area contributed by atoms with E-state index in [2.05, 4.69) is 5.32 Å². The highest BCUT2D eigenvalue weighted by Crippen LogP contribution is 2.23. The molecule has 4 N–H and O–H groups in total. The van der Waals surface area contributed by atoms with Gasteiger partial charge in [-0.3, -0.25) is 4.79 Å². The number of aliphatic hydroxyl groups is 1. The number of halogens is 1. The molecule has 2 rings (SSSR count). The molecule has 1 aromatic rings. The fourth-order valence-electron chi connectivity index (χ4n) is 2.48. The van der Waals surface area contributed by atoms with Gasteiger partial charge in [-0.2, -0.15) is 0 Å². The average molecular weight is 283 g/mol. The van der Waals surface area contributed by atoms with Crippen LogP contribution in [0, 0.1) is 0 Å². The van der Waals surface area contributed by atoms with E-state index in [1.807, 2.05) is 0 Å². The first kappa shape index (κ1) is 14.2. The molecule has 0 aromatic heterocycles. The maximum absolute atomic E-state index is 12.2. The predicted molar refractivity (Wildman–Crippen MR) is 76.2 cm³/mol. The van der Waals surface area contributed by atoms with Gasteiger partial charge in [-0.25, -0.2) is 0 Å². The van der Waals surface area contributed by atoms with Crippen LogP contribution in [0.1, 0.15) is 42.5 Å². The normalized spacial score (nSPS) is 23.7. The Labute approximate surface area is 117 Å². The van der Waals surface area contributed by atoms with Crippen molar-refractivity contribution < 1.29 is 9.90 Å². The molecule has 1 amide bonds. The molecule has 0 saturated heterocycles. The lowest BCUT2D eigenvalue weighted by Crippen LogP contribution is -2.42. The molecule has 1 fully saturated rings. The van der Waals surface area contributed by atoms with E-state index < -0.39 is 6.10 Å². The highest BCUT2D eigenvalue weighted by Gasteiger charge is 2.25. The lowest BCUT2D eigenvalue weighted by molar-refractivity contribution is 0.0819. The van der Waals surface area contributed by atoms with Crippen molar-refractivity contribution in [2.75, 3.05) is 5.73 Å². The molecule has 104 valence electrons. The van der Waals surface area contributed by atoms with Crippen molar-refractivity contribution >= 4 is 23.2 Å². The van der Waals surface area contributed by atoms with Gasteiger partial charge < -0.3 is 16.2 Å². The van der Waals surface area contributed by atoms with Gasteiger partial charge in [-0.1, -0.05) is 36.9 Å². The van der Waals surface area contributed by atoms with Crippen LogP contribution in [0.3, 0.4) is 0 Å². The van der Waals surface area contributed by atoms with Crippen LogP contribution >= 0.6 is 11.6 Å². The molecule has 1 aliphatic carbocycles. The highest BCUT2D eigenvalue weighted by atomic mass is 35.5. The van der Waals surface area contributed by atoms with Crippen LogP contribution in [0.5, 0.6) is 0 Å². The summed E-state index contributed by atoms with van der Waals surface area (Å²) in [7, 11) is 0. The summed E-state index contributed by atoms with van der Waals surface area (Å²) in [5.74, 6) is -0.311. The standard InChI is InChI=1S/C14H19ClN2O2/c15-9-5-4-6-10(16)13(9)14(19)17-11-7-2-1-3-8-12(11)18/h4-6,11-12,18H,1-3,7-8,16H2,(H,17,19). The fourth-order valence-corrected chi connectivity index (χ4v) is 2.75. The average Bonchev–Trinajstić information content (AvgIpc) is 2.55. The van der Waals surface area contributed by atoms with Gasteiger partial charge in [-0.05, 0) is 25.0 Å². The molecule has 19 heavy (non-hydrogen) atoms. The fraction of sp³-hybridized carbons (Fsp3) is 0.500. The van der Waals surface area contributed by atoms with Crippen LogP contribution in [0.4, 0.5) is 5.69 Å². The Morgan fingerprint density at radius 1 is 1.32 bits per heavy atom. The Morgan fingerprint density at radius 2 is 2.05 bits per heavy atom. The maximum atomic E-state index is 12.2. The van der Waals surface area contributed by atoms with Crippen molar-refractivity contribution in [3.05, 3.63) is 28.8 Å². The summed E-state index contributed by atoms with van der Waals surface area (Å²) in [6.45, 7) is 0. The first-order valence-electron chi connectivity index (χ1n) is 6.62. The minimum absolute atomic E-state index is 0.217. The molecule has 2 unspecified atom stereocenters. The Kier molecular flexibility index (Phi) is 4.66. The molecule has 0 heterocycles. The number of aliphatic hydroxyl groups excluding tert-OH is 1. The van der Waals surface area contributed by atoms with Crippen LogP contribution in [-0.2, 0) is 0 Å². The summed E-state index contributed by atoms with van der Waals surface area (Å²) >= 11 is 6.01. The largest absolute Gasteiger partial charge is 0.398 e. The van der Waals surface area contributed by atoms with E-state index in [4.69, 9.17) is 17.3 Å². The van der Waals surface area contributed by atoms with Crippen molar-refractivity contribution in [3.8, 4) is 0 Å². The van der Waals surface area contributed by atoms with Crippen molar-refractivity contribution in [2.24, 2.45) is 0 Å². The lowest BCUT2D eigenvalue weighted by atomic mass is 10.0. The van der Waals surface area contributed by atoms with E-state index in [0.717, 1.165) is 32.1 Å². The highest BCUT2D eigenvalue weighted by molar-refractivity contribution is 6.34.